The summed E-state index contributed by atoms with van der Waals surface area (Å²) < 4.78 is 7.83. The first-order valence-corrected chi connectivity index (χ1v) is 13.4. The van der Waals surface area contributed by atoms with Crippen molar-refractivity contribution in [1.82, 2.24) is 9.47 Å². The minimum atomic E-state index is 0.224. The van der Waals surface area contributed by atoms with Gasteiger partial charge in [0, 0.05) is 50.6 Å². The highest BCUT2D eigenvalue weighted by Gasteiger charge is 2.24. The lowest BCUT2D eigenvalue weighted by Crippen LogP contribution is -2.48. The van der Waals surface area contributed by atoms with Crippen molar-refractivity contribution >= 4 is 33.3 Å². The van der Waals surface area contributed by atoms with Gasteiger partial charge in [-0.2, -0.15) is 0 Å². The molecule has 192 valence electrons. The highest BCUT2D eigenvalue weighted by atomic mass is 16.5. The van der Waals surface area contributed by atoms with Crippen molar-refractivity contribution in [3.63, 3.8) is 0 Å². The molecule has 0 bridgehead atoms. The first-order valence-electron chi connectivity index (χ1n) is 13.4. The van der Waals surface area contributed by atoms with E-state index < -0.39 is 0 Å². The smallest absolute Gasteiger partial charge is 0.223 e. The van der Waals surface area contributed by atoms with Gasteiger partial charge in [0.15, 0.2) is 0 Å². The molecule has 0 saturated carbocycles. The number of anilines is 1. The Morgan fingerprint density at radius 1 is 0.816 bits per heavy atom. The Bertz CT molecular complexity index is 1610. The van der Waals surface area contributed by atoms with Crippen LogP contribution >= 0.6 is 0 Å². The van der Waals surface area contributed by atoms with Crippen LogP contribution in [-0.4, -0.2) is 48.7 Å². The van der Waals surface area contributed by atoms with Crippen LogP contribution in [0.25, 0.3) is 32.9 Å². The van der Waals surface area contributed by atoms with E-state index in [0.29, 0.717) is 6.42 Å². The number of aromatic nitrogens is 1. The SMILES string of the molecule is COc1ccccc1N1CCN(C(=O)CCc2c(-c3ccc4ccccc4c3)n(C)c3ccccc23)CC1. The molecule has 1 fully saturated rings. The number of methoxy groups -OCH3 is 1. The van der Waals surface area contributed by atoms with Gasteiger partial charge in [0.2, 0.25) is 5.91 Å². The van der Waals surface area contributed by atoms with E-state index in [0.717, 1.165) is 44.0 Å². The molecular formula is C33H33N3O2. The third-order valence-corrected chi connectivity index (χ3v) is 7.88. The van der Waals surface area contributed by atoms with E-state index in [1.165, 1.54) is 38.5 Å². The molecule has 1 saturated heterocycles. The van der Waals surface area contributed by atoms with Gasteiger partial charge in [-0.1, -0.05) is 66.7 Å². The van der Waals surface area contributed by atoms with Gasteiger partial charge in [0.05, 0.1) is 18.5 Å². The van der Waals surface area contributed by atoms with E-state index in [1.54, 1.807) is 7.11 Å². The zero-order valence-corrected chi connectivity index (χ0v) is 22.1. The number of para-hydroxylation sites is 3. The summed E-state index contributed by atoms with van der Waals surface area (Å²) in [6, 6.07) is 31.8. The number of aryl methyl sites for hydroxylation is 2. The molecule has 0 N–H and O–H groups in total. The van der Waals surface area contributed by atoms with E-state index in [4.69, 9.17) is 4.74 Å². The summed E-state index contributed by atoms with van der Waals surface area (Å²) in [5.74, 6) is 1.10. The third kappa shape index (κ3) is 4.38. The second-order valence-electron chi connectivity index (χ2n) is 10.0. The molecule has 0 atom stereocenters. The lowest BCUT2D eigenvalue weighted by atomic mass is 9.98. The van der Waals surface area contributed by atoms with Crippen LogP contribution < -0.4 is 9.64 Å². The van der Waals surface area contributed by atoms with Crippen LogP contribution in [0.2, 0.25) is 0 Å². The standard InChI is InChI=1S/C33H33N3O2/c1-34-29-12-6-5-11-27(29)28(33(34)26-16-15-24-9-3-4-10-25(24)23-26)17-18-32(37)36-21-19-35(20-22-36)30-13-7-8-14-31(30)38-2/h3-16,23H,17-22H2,1-2H3. The van der Waals surface area contributed by atoms with Gasteiger partial charge in [-0.05, 0) is 52.6 Å². The van der Waals surface area contributed by atoms with Crippen LogP contribution in [0.5, 0.6) is 5.75 Å². The fourth-order valence-corrected chi connectivity index (χ4v) is 5.91. The van der Waals surface area contributed by atoms with Crippen molar-refractivity contribution in [2.24, 2.45) is 7.05 Å². The van der Waals surface area contributed by atoms with Crippen molar-refractivity contribution < 1.29 is 9.53 Å². The third-order valence-electron chi connectivity index (χ3n) is 7.88. The highest BCUT2D eigenvalue weighted by molar-refractivity contribution is 5.95. The number of carbonyl (C=O) groups is 1. The zero-order valence-electron chi connectivity index (χ0n) is 22.1. The normalized spacial score (nSPS) is 13.8. The summed E-state index contributed by atoms with van der Waals surface area (Å²) in [6.07, 6.45) is 1.22. The number of piperazine rings is 1. The molecule has 1 aliphatic heterocycles. The summed E-state index contributed by atoms with van der Waals surface area (Å²) >= 11 is 0. The fourth-order valence-electron chi connectivity index (χ4n) is 5.91. The molecule has 5 nitrogen and oxygen atoms in total. The maximum absolute atomic E-state index is 13.4. The summed E-state index contributed by atoms with van der Waals surface area (Å²) in [4.78, 5) is 17.7. The van der Waals surface area contributed by atoms with E-state index in [-0.39, 0.29) is 5.91 Å². The molecule has 0 spiro atoms. The molecule has 5 aromatic rings. The number of hydrogen-bond acceptors (Lipinski definition) is 3. The monoisotopic (exact) mass is 503 g/mol. The largest absolute Gasteiger partial charge is 0.495 e. The predicted octanol–water partition coefficient (Wildman–Crippen LogP) is 6.29. The molecule has 1 aromatic heterocycles. The molecule has 5 heteroatoms. The van der Waals surface area contributed by atoms with Gasteiger partial charge in [0.1, 0.15) is 5.75 Å². The molecule has 0 unspecified atom stereocenters. The van der Waals surface area contributed by atoms with Gasteiger partial charge in [0.25, 0.3) is 0 Å². The van der Waals surface area contributed by atoms with Gasteiger partial charge in [-0.25, -0.2) is 0 Å². The number of nitrogens with zero attached hydrogens (tertiary/aromatic N) is 3. The Hall–Kier alpha value is -4.25. The number of carbonyl (C=O) groups excluding carboxylic acids is 1. The van der Waals surface area contributed by atoms with Crippen molar-refractivity contribution in [1.29, 1.82) is 0 Å². The van der Waals surface area contributed by atoms with Gasteiger partial charge in [-0.3, -0.25) is 4.79 Å². The molecule has 4 aromatic carbocycles. The van der Waals surface area contributed by atoms with Crippen LogP contribution in [0.4, 0.5) is 5.69 Å². The second-order valence-corrected chi connectivity index (χ2v) is 10.0. The zero-order chi connectivity index (χ0) is 26.1. The second kappa shape index (κ2) is 10.3. The fraction of sp³-hybridized carbons (Fsp3) is 0.242. The molecule has 1 aliphatic rings. The molecule has 0 aliphatic carbocycles. The number of ether oxygens (including phenoxy) is 1. The van der Waals surface area contributed by atoms with Gasteiger partial charge < -0.3 is 19.1 Å². The van der Waals surface area contributed by atoms with Crippen LogP contribution in [0, 0.1) is 0 Å². The quantitative estimate of drug-likeness (QED) is 0.273. The minimum absolute atomic E-state index is 0.224. The Morgan fingerprint density at radius 3 is 2.34 bits per heavy atom. The maximum atomic E-state index is 13.4. The number of hydrogen-bond donors (Lipinski definition) is 0. The molecule has 1 amide bonds. The number of amides is 1. The Morgan fingerprint density at radius 2 is 1.53 bits per heavy atom. The Kier molecular flexibility index (Phi) is 6.50. The summed E-state index contributed by atoms with van der Waals surface area (Å²) in [6.45, 7) is 3.07. The predicted molar refractivity (Wildman–Crippen MR) is 156 cm³/mol. The number of fused-ring (bicyclic) bond motifs is 2. The van der Waals surface area contributed by atoms with Crippen molar-refractivity contribution in [2.75, 3.05) is 38.2 Å². The molecular weight excluding hydrogens is 470 g/mol. The first-order chi connectivity index (χ1) is 18.6. The lowest BCUT2D eigenvalue weighted by molar-refractivity contribution is -0.131. The van der Waals surface area contributed by atoms with E-state index in [9.17, 15) is 4.79 Å². The van der Waals surface area contributed by atoms with E-state index in [1.807, 2.05) is 23.1 Å². The van der Waals surface area contributed by atoms with Crippen LogP contribution in [0.3, 0.4) is 0 Å². The van der Waals surface area contributed by atoms with Crippen molar-refractivity contribution in [2.45, 2.75) is 12.8 Å². The summed E-state index contributed by atoms with van der Waals surface area (Å²) in [5.41, 5.74) is 5.93. The van der Waals surface area contributed by atoms with E-state index in [2.05, 4.69) is 89.3 Å². The Labute approximate surface area is 223 Å². The first kappa shape index (κ1) is 24.1. The topological polar surface area (TPSA) is 37.7 Å². The minimum Gasteiger partial charge on any atom is -0.495 e. The van der Waals surface area contributed by atoms with Crippen LogP contribution in [0.15, 0.2) is 91.0 Å². The van der Waals surface area contributed by atoms with E-state index >= 15 is 0 Å². The van der Waals surface area contributed by atoms with Crippen LogP contribution in [-0.2, 0) is 18.3 Å². The highest BCUT2D eigenvalue weighted by Crippen LogP contribution is 2.35. The molecule has 38 heavy (non-hydrogen) atoms. The average molecular weight is 504 g/mol. The van der Waals surface area contributed by atoms with Crippen molar-refractivity contribution in [3.8, 4) is 17.0 Å². The number of rotatable bonds is 6. The average Bonchev–Trinajstić information content (AvgIpc) is 3.27. The maximum Gasteiger partial charge on any atom is 0.223 e. The lowest BCUT2D eigenvalue weighted by Gasteiger charge is -2.36. The van der Waals surface area contributed by atoms with Crippen molar-refractivity contribution in [3.05, 3.63) is 96.6 Å². The Balaban J connectivity index is 1.22. The molecule has 2 heterocycles. The van der Waals surface area contributed by atoms with Gasteiger partial charge in [-0.15, -0.1) is 0 Å². The molecule has 6 rings (SSSR count). The van der Waals surface area contributed by atoms with Gasteiger partial charge >= 0.3 is 0 Å². The number of benzene rings is 4. The summed E-state index contributed by atoms with van der Waals surface area (Å²) in [5, 5.41) is 3.69. The van der Waals surface area contributed by atoms with Crippen LogP contribution in [0.1, 0.15) is 12.0 Å². The molecule has 0 radical (unpaired) electrons. The summed E-state index contributed by atoms with van der Waals surface area (Å²) in [7, 11) is 3.84.